The molecule has 2 aromatic rings. The van der Waals surface area contributed by atoms with Crippen LogP contribution in [-0.4, -0.2) is 35.9 Å². The van der Waals surface area contributed by atoms with Crippen molar-refractivity contribution < 1.29 is 27.2 Å². The fraction of sp³-hybridized carbons (Fsp3) is 0.412. The molecule has 0 spiro atoms. The molecule has 1 aromatic heterocycles. The van der Waals surface area contributed by atoms with Crippen LogP contribution in [0, 0.1) is 20.8 Å². The van der Waals surface area contributed by atoms with Gasteiger partial charge in [0, 0.05) is 12.6 Å². The zero-order valence-corrected chi connectivity index (χ0v) is 14.9. The predicted molar refractivity (Wildman–Crippen MR) is 89.2 cm³/mol. The molecule has 0 aliphatic heterocycles. The molecule has 0 bridgehead atoms. The number of carbonyl (C=O) groups excluding carboxylic acids is 1. The van der Waals surface area contributed by atoms with E-state index in [1.165, 1.54) is 17.0 Å². The molecule has 0 aliphatic rings. The SMILES string of the molecule is Cc1ccc(NC(=O)N(C)Cc2c(C)noc2C)c(OCC(F)(F)F)c1. The molecule has 6 nitrogen and oxygen atoms in total. The lowest BCUT2D eigenvalue weighted by Gasteiger charge is -2.20. The van der Waals surface area contributed by atoms with Gasteiger partial charge < -0.3 is 19.5 Å². The van der Waals surface area contributed by atoms with E-state index in [2.05, 4.69) is 10.5 Å². The third-order valence-corrected chi connectivity index (χ3v) is 3.69. The summed E-state index contributed by atoms with van der Waals surface area (Å²) >= 11 is 0. The Hall–Kier alpha value is -2.71. The van der Waals surface area contributed by atoms with E-state index in [1.54, 1.807) is 33.9 Å². The van der Waals surface area contributed by atoms with Gasteiger partial charge >= 0.3 is 12.2 Å². The molecule has 0 aliphatic carbocycles. The molecular weight excluding hydrogens is 351 g/mol. The summed E-state index contributed by atoms with van der Waals surface area (Å²) in [5, 5.41) is 6.39. The number of aryl methyl sites for hydroxylation is 3. The molecule has 0 fully saturated rings. The molecule has 0 unspecified atom stereocenters. The normalized spacial score (nSPS) is 11.3. The van der Waals surface area contributed by atoms with Crippen LogP contribution in [0.2, 0.25) is 0 Å². The molecule has 2 rings (SSSR count). The maximum absolute atomic E-state index is 12.4. The van der Waals surface area contributed by atoms with Crippen LogP contribution in [0.3, 0.4) is 0 Å². The molecule has 0 saturated carbocycles. The summed E-state index contributed by atoms with van der Waals surface area (Å²) in [5.74, 6) is 0.563. The van der Waals surface area contributed by atoms with Crippen LogP contribution >= 0.6 is 0 Å². The van der Waals surface area contributed by atoms with Gasteiger partial charge in [0.2, 0.25) is 0 Å². The zero-order valence-electron chi connectivity index (χ0n) is 14.9. The number of rotatable bonds is 5. The number of ether oxygens (including phenoxy) is 1. The summed E-state index contributed by atoms with van der Waals surface area (Å²) in [6.45, 7) is 4.03. The molecule has 1 N–H and O–H groups in total. The van der Waals surface area contributed by atoms with Crippen LogP contribution in [0.25, 0.3) is 0 Å². The van der Waals surface area contributed by atoms with Gasteiger partial charge in [-0.25, -0.2) is 4.79 Å². The third kappa shape index (κ3) is 5.14. The van der Waals surface area contributed by atoms with Crippen molar-refractivity contribution in [3.63, 3.8) is 0 Å². The fourth-order valence-corrected chi connectivity index (χ4v) is 2.26. The highest BCUT2D eigenvalue weighted by molar-refractivity contribution is 5.90. The maximum Gasteiger partial charge on any atom is 0.422 e. The standard InChI is InChI=1S/C17H20F3N3O3/c1-10-5-6-14(15(7-10)25-9-17(18,19)20)21-16(24)23(4)8-13-11(2)22-26-12(13)3/h5-7H,8-9H2,1-4H3,(H,21,24). The average Bonchev–Trinajstić information content (AvgIpc) is 2.86. The van der Waals surface area contributed by atoms with Gasteiger partial charge in [0.05, 0.1) is 17.9 Å². The van der Waals surface area contributed by atoms with Crippen molar-refractivity contribution in [1.29, 1.82) is 0 Å². The lowest BCUT2D eigenvalue weighted by atomic mass is 10.2. The summed E-state index contributed by atoms with van der Waals surface area (Å²) in [6, 6.07) is 4.12. The molecule has 0 atom stereocenters. The Labute approximate surface area is 148 Å². The first-order valence-corrected chi connectivity index (χ1v) is 7.81. The van der Waals surface area contributed by atoms with Crippen LogP contribution in [0.4, 0.5) is 23.7 Å². The van der Waals surface area contributed by atoms with Gasteiger partial charge in [-0.1, -0.05) is 11.2 Å². The van der Waals surface area contributed by atoms with Crippen molar-refractivity contribution in [2.45, 2.75) is 33.5 Å². The van der Waals surface area contributed by atoms with Crippen molar-refractivity contribution in [3.05, 3.63) is 40.8 Å². The van der Waals surface area contributed by atoms with Gasteiger partial charge in [0.15, 0.2) is 6.61 Å². The van der Waals surface area contributed by atoms with E-state index in [0.717, 1.165) is 5.56 Å². The largest absolute Gasteiger partial charge is 0.482 e. The van der Waals surface area contributed by atoms with Gasteiger partial charge in [-0.15, -0.1) is 0 Å². The second kappa shape index (κ2) is 7.67. The maximum atomic E-state index is 12.4. The molecule has 1 aromatic carbocycles. The number of hydrogen-bond donors (Lipinski definition) is 1. The fourth-order valence-electron chi connectivity index (χ4n) is 2.26. The number of alkyl halides is 3. The second-order valence-corrected chi connectivity index (χ2v) is 5.99. The molecule has 26 heavy (non-hydrogen) atoms. The highest BCUT2D eigenvalue weighted by Gasteiger charge is 2.29. The number of carbonyl (C=O) groups is 1. The van der Waals surface area contributed by atoms with Gasteiger partial charge in [-0.2, -0.15) is 13.2 Å². The molecular formula is C17H20F3N3O3. The number of nitrogens with zero attached hydrogens (tertiary/aromatic N) is 2. The summed E-state index contributed by atoms with van der Waals surface area (Å²) < 4.78 is 47.1. The highest BCUT2D eigenvalue weighted by atomic mass is 19.4. The number of amides is 2. The van der Waals surface area contributed by atoms with Crippen LogP contribution in [0.15, 0.2) is 22.7 Å². The monoisotopic (exact) mass is 371 g/mol. The first kappa shape index (κ1) is 19.6. The van der Waals surface area contributed by atoms with Crippen LogP contribution < -0.4 is 10.1 Å². The van der Waals surface area contributed by atoms with Gasteiger partial charge in [-0.3, -0.25) is 0 Å². The van der Waals surface area contributed by atoms with Crippen molar-refractivity contribution in [2.75, 3.05) is 19.0 Å². The van der Waals surface area contributed by atoms with Crippen LogP contribution in [0.1, 0.15) is 22.6 Å². The average molecular weight is 371 g/mol. The summed E-state index contributed by atoms with van der Waals surface area (Å²) in [5.41, 5.74) is 2.33. The minimum Gasteiger partial charge on any atom is -0.482 e. The number of anilines is 1. The van der Waals surface area contributed by atoms with Gasteiger partial charge in [0.25, 0.3) is 0 Å². The van der Waals surface area contributed by atoms with E-state index in [-0.39, 0.29) is 18.0 Å². The summed E-state index contributed by atoms with van der Waals surface area (Å²) in [4.78, 5) is 13.8. The van der Waals surface area contributed by atoms with Crippen LogP contribution in [0.5, 0.6) is 5.75 Å². The Morgan fingerprint density at radius 1 is 1.31 bits per heavy atom. The van der Waals surface area contributed by atoms with Gasteiger partial charge in [0.1, 0.15) is 11.5 Å². The van der Waals surface area contributed by atoms with Crippen molar-refractivity contribution >= 4 is 11.7 Å². The first-order valence-electron chi connectivity index (χ1n) is 7.81. The minimum absolute atomic E-state index is 0.0404. The smallest absolute Gasteiger partial charge is 0.422 e. The highest BCUT2D eigenvalue weighted by Crippen LogP contribution is 2.28. The zero-order chi connectivity index (χ0) is 19.5. The Balaban J connectivity index is 2.10. The summed E-state index contributed by atoms with van der Waals surface area (Å²) in [6.07, 6.45) is -4.47. The van der Waals surface area contributed by atoms with Crippen molar-refractivity contribution in [3.8, 4) is 5.75 Å². The Kier molecular flexibility index (Phi) is 5.79. The van der Waals surface area contributed by atoms with E-state index in [1.807, 2.05) is 0 Å². The summed E-state index contributed by atoms with van der Waals surface area (Å²) in [7, 11) is 1.56. The molecule has 0 radical (unpaired) electrons. The lowest BCUT2D eigenvalue weighted by molar-refractivity contribution is -0.153. The molecule has 9 heteroatoms. The predicted octanol–water partition coefficient (Wildman–Crippen LogP) is 4.20. The Morgan fingerprint density at radius 3 is 2.58 bits per heavy atom. The number of urea groups is 1. The molecule has 0 saturated heterocycles. The van der Waals surface area contributed by atoms with Gasteiger partial charge in [-0.05, 0) is 38.5 Å². The number of hydrogen-bond acceptors (Lipinski definition) is 4. The molecule has 1 heterocycles. The molecule has 2 amide bonds. The van der Waals surface area contributed by atoms with E-state index < -0.39 is 18.8 Å². The quantitative estimate of drug-likeness (QED) is 0.855. The number of halogens is 3. The van der Waals surface area contributed by atoms with E-state index in [0.29, 0.717) is 17.0 Å². The Morgan fingerprint density at radius 2 is 2.00 bits per heavy atom. The van der Waals surface area contributed by atoms with Crippen molar-refractivity contribution in [1.82, 2.24) is 10.1 Å². The lowest BCUT2D eigenvalue weighted by Crippen LogP contribution is -2.31. The minimum atomic E-state index is -4.47. The third-order valence-electron chi connectivity index (χ3n) is 3.69. The van der Waals surface area contributed by atoms with Crippen molar-refractivity contribution in [2.24, 2.45) is 0 Å². The Bertz CT molecular complexity index is 768. The van der Waals surface area contributed by atoms with E-state index >= 15 is 0 Å². The topological polar surface area (TPSA) is 67.6 Å². The molecule has 142 valence electrons. The number of aromatic nitrogens is 1. The van der Waals surface area contributed by atoms with E-state index in [9.17, 15) is 18.0 Å². The first-order chi connectivity index (χ1) is 12.1. The van der Waals surface area contributed by atoms with Crippen LogP contribution in [-0.2, 0) is 6.54 Å². The second-order valence-electron chi connectivity index (χ2n) is 5.99. The number of nitrogens with one attached hydrogen (secondary N) is 1. The number of benzene rings is 1. The van der Waals surface area contributed by atoms with E-state index in [4.69, 9.17) is 9.26 Å².